The standard InChI is InChI=1S/C61H108O5/c1-4-7-10-13-16-19-22-25-28-30-31-32-34-37-40-43-46-49-52-55-61(63)66-58-59(64-56-53-50-47-44-41-38-35-29-26-23-20-17-14-11-8-5-2)57-65-60(62)54-51-48-45-42-39-36-33-27-24-21-18-15-12-9-6-3/h7,10,16,19,25,27-28,31-33,37,40,59H,4-6,8-9,11-15,17-18,20-24,26,29-30,34-36,38-39,41-58H2,1-3H3/b10-7-,19-16-,28-25-,32-31-,33-27-,40-37-/t59-/m0/s1. The Morgan fingerprint density at radius 1 is 0.333 bits per heavy atom. The molecule has 0 spiro atoms. The molecule has 382 valence electrons. The molecule has 0 aliphatic carbocycles. The second kappa shape index (κ2) is 56.7. The lowest BCUT2D eigenvalue weighted by atomic mass is 10.0. The van der Waals surface area contributed by atoms with Gasteiger partial charge in [0.15, 0.2) is 0 Å². The maximum Gasteiger partial charge on any atom is 0.305 e. The van der Waals surface area contributed by atoms with E-state index in [0.717, 1.165) is 96.3 Å². The lowest BCUT2D eigenvalue weighted by Gasteiger charge is -2.18. The number of carbonyl (C=O) groups excluding carboxylic acids is 2. The first-order valence-electron chi connectivity index (χ1n) is 28.5. The van der Waals surface area contributed by atoms with Crippen LogP contribution in [0.25, 0.3) is 0 Å². The third-order valence-electron chi connectivity index (χ3n) is 12.3. The summed E-state index contributed by atoms with van der Waals surface area (Å²) in [5.41, 5.74) is 0. The maximum atomic E-state index is 12.6. The molecule has 0 fully saturated rings. The maximum absolute atomic E-state index is 12.6. The molecule has 0 aliphatic heterocycles. The molecule has 0 saturated heterocycles. The van der Waals surface area contributed by atoms with Crippen LogP contribution in [0.2, 0.25) is 0 Å². The van der Waals surface area contributed by atoms with Crippen molar-refractivity contribution in [3.8, 4) is 0 Å². The first-order valence-corrected chi connectivity index (χ1v) is 28.5. The fourth-order valence-electron chi connectivity index (χ4n) is 7.98. The zero-order valence-electron chi connectivity index (χ0n) is 44.0. The summed E-state index contributed by atoms with van der Waals surface area (Å²) in [4.78, 5) is 25.3. The van der Waals surface area contributed by atoms with Crippen molar-refractivity contribution in [1.82, 2.24) is 0 Å². The van der Waals surface area contributed by atoms with Crippen LogP contribution in [0.3, 0.4) is 0 Å². The molecule has 0 radical (unpaired) electrons. The normalized spacial score (nSPS) is 12.7. The summed E-state index contributed by atoms with van der Waals surface area (Å²) in [6, 6.07) is 0. The van der Waals surface area contributed by atoms with Crippen LogP contribution in [-0.2, 0) is 23.8 Å². The van der Waals surface area contributed by atoms with Gasteiger partial charge >= 0.3 is 11.9 Å². The predicted molar refractivity (Wildman–Crippen MR) is 288 cm³/mol. The van der Waals surface area contributed by atoms with Gasteiger partial charge < -0.3 is 14.2 Å². The van der Waals surface area contributed by atoms with Gasteiger partial charge in [0.1, 0.15) is 19.3 Å². The minimum atomic E-state index is -0.418. The number of hydrogen-bond acceptors (Lipinski definition) is 5. The second-order valence-electron chi connectivity index (χ2n) is 18.8. The summed E-state index contributed by atoms with van der Waals surface area (Å²) in [5.74, 6) is -0.372. The van der Waals surface area contributed by atoms with Gasteiger partial charge in [-0.15, -0.1) is 0 Å². The van der Waals surface area contributed by atoms with E-state index >= 15 is 0 Å². The highest BCUT2D eigenvalue weighted by Crippen LogP contribution is 2.15. The first kappa shape index (κ1) is 63.3. The number of allylic oxidation sites excluding steroid dienone is 12. The van der Waals surface area contributed by atoms with Crippen molar-refractivity contribution in [3.63, 3.8) is 0 Å². The molecule has 0 unspecified atom stereocenters. The molecule has 5 nitrogen and oxygen atoms in total. The minimum absolute atomic E-state index is 0.137. The van der Waals surface area contributed by atoms with Crippen LogP contribution in [0.1, 0.15) is 278 Å². The fourth-order valence-corrected chi connectivity index (χ4v) is 7.98. The molecule has 0 N–H and O–H groups in total. The summed E-state index contributed by atoms with van der Waals surface area (Å²) in [7, 11) is 0. The Hall–Kier alpha value is -2.66. The Labute approximate surface area is 410 Å². The van der Waals surface area contributed by atoms with Gasteiger partial charge in [-0.25, -0.2) is 0 Å². The van der Waals surface area contributed by atoms with Crippen LogP contribution in [0.5, 0.6) is 0 Å². The van der Waals surface area contributed by atoms with Crippen molar-refractivity contribution in [3.05, 3.63) is 72.9 Å². The molecule has 0 saturated carbocycles. The van der Waals surface area contributed by atoms with Gasteiger partial charge in [-0.3, -0.25) is 9.59 Å². The summed E-state index contributed by atoms with van der Waals surface area (Å²) < 4.78 is 17.5. The number of rotatable bonds is 52. The van der Waals surface area contributed by atoms with E-state index in [1.165, 1.54) is 148 Å². The van der Waals surface area contributed by atoms with E-state index in [9.17, 15) is 9.59 Å². The van der Waals surface area contributed by atoms with E-state index in [2.05, 4.69) is 93.7 Å². The lowest BCUT2D eigenvalue weighted by molar-refractivity contribution is -0.155. The van der Waals surface area contributed by atoms with E-state index in [0.29, 0.717) is 19.4 Å². The summed E-state index contributed by atoms with van der Waals surface area (Å²) in [5, 5.41) is 0. The highest BCUT2D eigenvalue weighted by molar-refractivity contribution is 5.69. The molecule has 0 aromatic carbocycles. The van der Waals surface area contributed by atoms with Crippen molar-refractivity contribution in [2.45, 2.75) is 284 Å². The van der Waals surface area contributed by atoms with Crippen LogP contribution in [0.15, 0.2) is 72.9 Å². The van der Waals surface area contributed by atoms with E-state index < -0.39 is 6.10 Å². The molecule has 66 heavy (non-hydrogen) atoms. The van der Waals surface area contributed by atoms with Crippen LogP contribution in [0.4, 0.5) is 0 Å². The molecule has 0 heterocycles. The third-order valence-corrected chi connectivity index (χ3v) is 12.3. The van der Waals surface area contributed by atoms with Gasteiger partial charge in [0.25, 0.3) is 0 Å². The predicted octanol–water partition coefficient (Wildman–Crippen LogP) is 19.5. The number of unbranched alkanes of at least 4 members (excludes halogenated alkanes) is 29. The smallest absolute Gasteiger partial charge is 0.305 e. The minimum Gasteiger partial charge on any atom is -0.463 e. The zero-order chi connectivity index (χ0) is 47.7. The summed E-state index contributed by atoms with van der Waals surface area (Å²) in [6.07, 6.45) is 73.7. The van der Waals surface area contributed by atoms with E-state index in [4.69, 9.17) is 14.2 Å². The summed E-state index contributed by atoms with van der Waals surface area (Å²) in [6.45, 7) is 7.60. The lowest BCUT2D eigenvalue weighted by Crippen LogP contribution is -2.29. The molecule has 5 heteroatoms. The molecule has 0 aromatic rings. The van der Waals surface area contributed by atoms with Crippen LogP contribution in [-0.4, -0.2) is 37.9 Å². The van der Waals surface area contributed by atoms with Gasteiger partial charge in [-0.05, 0) is 89.9 Å². The topological polar surface area (TPSA) is 61.8 Å². The van der Waals surface area contributed by atoms with Crippen molar-refractivity contribution < 1.29 is 23.8 Å². The largest absolute Gasteiger partial charge is 0.463 e. The molecule has 0 amide bonds. The van der Waals surface area contributed by atoms with E-state index in [1.807, 2.05) is 0 Å². The second-order valence-corrected chi connectivity index (χ2v) is 18.8. The van der Waals surface area contributed by atoms with Crippen LogP contribution < -0.4 is 0 Å². The molecular formula is C61H108O5. The first-order chi connectivity index (χ1) is 32.6. The van der Waals surface area contributed by atoms with Gasteiger partial charge in [0, 0.05) is 19.4 Å². The summed E-state index contributed by atoms with van der Waals surface area (Å²) >= 11 is 0. The molecule has 1 atom stereocenters. The van der Waals surface area contributed by atoms with Gasteiger partial charge in [0.2, 0.25) is 0 Å². The molecule has 0 aromatic heterocycles. The Bertz CT molecular complexity index is 1180. The Morgan fingerprint density at radius 3 is 1.00 bits per heavy atom. The Balaban J connectivity index is 4.32. The zero-order valence-corrected chi connectivity index (χ0v) is 44.0. The number of carbonyl (C=O) groups is 2. The van der Waals surface area contributed by atoms with Gasteiger partial charge in [-0.2, -0.15) is 0 Å². The number of esters is 2. The quantitative estimate of drug-likeness (QED) is 0.0346. The highest BCUT2D eigenvalue weighted by atomic mass is 16.6. The Morgan fingerprint density at radius 2 is 0.621 bits per heavy atom. The van der Waals surface area contributed by atoms with E-state index in [1.54, 1.807) is 0 Å². The molecule has 0 rings (SSSR count). The van der Waals surface area contributed by atoms with E-state index in [-0.39, 0.29) is 25.2 Å². The van der Waals surface area contributed by atoms with Crippen molar-refractivity contribution in [2.24, 2.45) is 0 Å². The number of ether oxygens (including phenoxy) is 3. The SMILES string of the molecule is CC/C=C\C/C=C\C/C=C\C/C=C\C/C=C\CCCCCC(=O)OC[C@H](COC(=O)CCCCCCC/C=C\CCCCCCCC)OCCCCCCCCCCCCCCCCCC. The highest BCUT2D eigenvalue weighted by Gasteiger charge is 2.16. The van der Waals surface area contributed by atoms with Crippen molar-refractivity contribution in [2.75, 3.05) is 19.8 Å². The van der Waals surface area contributed by atoms with Crippen molar-refractivity contribution in [1.29, 1.82) is 0 Å². The monoisotopic (exact) mass is 921 g/mol. The molecule has 0 aliphatic rings. The molecule has 0 bridgehead atoms. The average molecular weight is 922 g/mol. The van der Waals surface area contributed by atoms with Gasteiger partial charge in [0.05, 0.1) is 0 Å². The average Bonchev–Trinajstić information content (AvgIpc) is 3.32. The number of hydrogen-bond donors (Lipinski definition) is 0. The fraction of sp³-hybridized carbons (Fsp3) is 0.770. The van der Waals surface area contributed by atoms with Crippen LogP contribution in [0, 0.1) is 0 Å². The van der Waals surface area contributed by atoms with Crippen LogP contribution >= 0.6 is 0 Å². The Kier molecular flexibility index (Phi) is 54.4. The third kappa shape index (κ3) is 54.0. The van der Waals surface area contributed by atoms with Gasteiger partial charge in [-0.1, -0.05) is 248 Å². The molecular weight excluding hydrogens is 813 g/mol. The van der Waals surface area contributed by atoms with Crippen molar-refractivity contribution >= 4 is 11.9 Å².